The highest BCUT2D eigenvalue weighted by Gasteiger charge is 2.46. The van der Waals surface area contributed by atoms with E-state index in [2.05, 4.69) is 4.98 Å². The molecule has 1 atom stereocenters. The Morgan fingerprint density at radius 2 is 2.00 bits per heavy atom. The fourth-order valence-electron chi connectivity index (χ4n) is 4.45. The molecule has 1 fully saturated rings. The molecule has 0 saturated carbocycles. The molecule has 0 bridgehead atoms. The van der Waals surface area contributed by atoms with Gasteiger partial charge in [0.15, 0.2) is 5.82 Å². The van der Waals surface area contributed by atoms with Crippen molar-refractivity contribution in [3.63, 3.8) is 0 Å². The number of fused-ring (bicyclic) bond motifs is 2. The van der Waals surface area contributed by atoms with E-state index >= 15 is 0 Å². The van der Waals surface area contributed by atoms with Crippen LogP contribution in [0.1, 0.15) is 50.3 Å². The van der Waals surface area contributed by atoms with Crippen LogP contribution in [0.3, 0.4) is 0 Å². The maximum absolute atomic E-state index is 12.8. The van der Waals surface area contributed by atoms with Crippen molar-refractivity contribution in [2.75, 3.05) is 18.8 Å². The normalized spacial score (nSPS) is 22.9. The largest absolute Gasteiger partial charge is 0.236 e. The van der Waals surface area contributed by atoms with Gasteiger partial charge in [-0.3, -0.25) is 0 Å². The number of aromatic nitrogens is 2. The van der Waals surface area contributed by atoms with Gasteiger partial charge in [0.05, 0.1) is 11.4 Å². The fraction of sp³-hybridized carbons (Fsp3) is 0.524. The number of piperidine rings is 1. The molecule has 1 unspecified atom stereocenters. The Kier molecular flexibility index (Phi) is 5.03. The van der Waals surface area contributed by atoms with Crippen LogP contribution in [0.4, 0.5) is 0 Å². The van der Waals surface area contributed by atoms with Gasteiger partial charge in [-0.2, -0.15) is 0 Å². The predicted octanol–water partition coefficient (Wildman–Crippen LogP) is 3.55. The second-order valence-corrected chi connectivity index (χ2v) is 9.91. The highest BCUT2D eigenvalue weighted by molar-refractivity contribution is 7.89. The van der Waals surface area contributed by atoms with Gasteiger partial charge in [-0.05, 0) is 37.7 Å². The molecule has 1 spiro atoms. The molecule has 0 amide bonds. The van der Waals surface area contributed by atoms with E-state index in [1.165, 1.54) is 5.56 Å². The number of hydrogen-bond acceptors (Lipinski definition) is 4. The first-order valence-corrected chi connectivity index (χ1v) is 11.5. The number of sulfonamides is 1. The van der Waals surface area contributed by atoms with Crippen LogP contribution in [0, 0.1) is 0 Å². The molecule has 144 valence electrons. The lowest BCUT2D eigenvalue weighted by Crippen LogP contribution is -2.48. The van der Waals surface area contributed by atoms with Crippen molar-refractivity contribution in [1.82, 2.24) is 14.3 Å². The Hall–Kier alpha value is -1.79. The number of aryl methyl sites for hydroxylation is 1. The molecule has 1 aromatic carbocycles. The summed E-state index contributed by atoms with van der Waals surface area (Å²) in [4.78, 5) is 9.51. The van der Waals surface area contributed by atoms with Crippen LogP contribution in [0.2, 0.25) is 0 Å². The van der Waals surface area contributed by atoms with Crippen molar-refractivity contribution in [2.24, 2.45) is 0 Å². The lowest BCUT2D eigenvalue weighted by atomic mass is 9.78. The van der Waals surface area contributed by atoms with Crippen LogP contribution in [0.5, 0.6) is 0 Å². The van der Waals surface area contributed by atoms with Crippen LogP contribution in [-0.2, 0) is 21.9 Å². The third kappa shape index (κ3) is 3.52. The quantitative estimate of drug-likeness (QED) is 0.790. The van der Waals surface area contributed by atoms with E-state index in [1.54, 1.807) is 4.31 Å². The number of rotatable bonds is 5. The van der Waals surface area contributed by atoms with Gasteiger partial charge in [0.25, 0.3) is 0 Å². The Morgan fingerprint density at radius 3 is 2.78 bits per heavy atom. The van der Waals surface area contributed by atoms with Gasteiger partial charge in [-0.25, -0.2) is 22.7 Å². The van der Waals surface area contributed by atoms with Gasteiger partial charge in [-0.15, -0.1) is 0 Å². The molecular weight excluding hydrogens is 358 g/mol. The highest BCUT2D eigenvalue weighted by atomic mass is 32.2. The Bertz CT molecular complexity index is 910. The van der Waals surface area contributed by atoms with Crippen molar-refractivity contribution in [3.05, 3.63) is 47.8 Å². The molecule has 2 heterocycles. The monoisotopic (exact) mass is 385 g/mol. The topological polar surface area (TPSA) is 63.2 Å². The maximum atomic E-state index is 12.8. The summed E-state index contributed by atoms with van der Waals surface area (Å²) >= 11 is 0. The molecule has 1 saturated heterocycles. The SMILES string of the molecule is CCCCS(=O)(=O)N1CCCC2(CCc3cnc(-c4ccccc4)nc32)C1. The molecule has 4 rings (SSSR count). The van der Waals surface area contributed by atoms with E-state index in [0.717, 1.165) is 55.6 Å². The number of hydrogen-bond donors (Lipinski definition) is 0. The summed E-state index contributed by atoms with van der Waals surface area (Å²) in [5.74, 6) is 0.993. The predicted molar refractivity (Wildman–Crippen MR) is 107 cm³/mol. The van der Waals surface area contributed by atoms with Gasteiger partial charge in [0, 0.05) is 30.3 Å². The zero-order valence-electron chi connectivity index (χ0n) is 15.9. The van der Waals surface area contributed by atoms with Crippen LogP contribution in [-0.4, -0.2) is 41.5 Å². The standard InChI is InChI=1S/C21H27N3O2S/c1-2-3-14-27(25,26)24-13-7-11-21(16-24)12-10-18-15-22-20(23-19(18)21)17-8-5-4-6-9-17/h4-6,8-9,15H,2-3,7,10-14,16H2,1H3. The number of benzene rings is 1. The molecule has 6 heteroatoms. The number of nitrogens with zero attached hydrogens (tertiary/aromatic N) is 3. The lowest BCUT2D eigenvalue weighted by Gasteiger charge is -2.39. The van der Waals surface area contributed by atoms with E-state index < -0.39 is 10.0 Å². The Balaban J connectivity index is 1.66. The van der Waals surface area contributed by atoms with Crippen LogP contribution in [0.15, 0.2) is 36.5 Å². The van der Waals surface area contributed by atoms with Crippen molar-refractivity contribution in [1.29, 1.82) is 0 Å². The van der Waals surface area contributed by atoms with Crippen LogP contribution in [0.25, 0.3) is 11.4 Å². The second kappa shape index (κ2) is 7.32. The molecule has 5 nitrogen and oxygen atoms in total. The van der Waals surface area contributed by atoms with E-state index in [4.69, 9.17) is 4.98 Å². The second-order valence-electron chi connectivity index (χ2n) is 7.82. The first-order chi connectivity index (χ1) is 13.0. The van der Waals surface area contributed by atoms with E-state index in [9.17, 15) is 8.42 Å². The van der Waals surface area contributed by atoms with Gasteiger partial charge < -0.3 is 0 Å². The first-order valence-electron chi connectivity index (χ1n) is 9.94. The highest BCUT2D eigenvalue weighted by Crippen LogP contribution is 2.44. The van der Waals surface area contributed by atoms with Crippen LogP contribution < -0.4 is 0 Å². The van der Waals surface area contributed by atoms with E-state index in [1.807, 2.05) is 43.5 Å². The van der Waals surface area contributed by atoms with E-state index in [-0.39, 0.29) is 11.2 Å². The minimum atomic E-state index is -3.18. The molecule has 0 N–H and O–H groups in total. The summed E-state index contributed by atoms with van der Waals surface area (Å²) in [5.41, 5.74) is 3.11. The van der Waals surface area contributed by atoms with Crippen LogP contribution >= 0.6 is 0 Å². The van der Waals surface area contributed by atoms with Crippen molar-refractivity contribution in [3.8, 4) is 11.4 Å². The third-order valence-corrected chi connectivity index (χ3v) is 7.87. The van der Waals surface area contributed by atoms with Gasteiger partial charge >= 0.3 is 0 Å². The Morgan fingerprint density at radius 1 is 1.19 bits per heavy atom. The average molecular weight is 386 g/mol. The summed E-state index contributed by atoms with van der Waals surface area (Å²) < 4.78 is 27.3. The summed E-state index contributed by atoms with van der Waals surface area (Å²) in [6.07, 6.45) is 7.38. The smallest absolute Gasteiger partial charge is 0.214 e. The summed E-state index contributed by atoms with van der Waals surface area (Å²) in [5, 5.41) is 0. The molecule has 2 aromatic rings. The molecular formula is C21H27N3O2S. The summed E-state index contributed by atoms with van der Waals surface area (Å²) in [6, 6.07) is 10.0. The molecule has 1 aromatic heterocycles. The minimum absolute atomic E-state index is 0.153. The number of unbranched alkanes of at least 4 members (excludes halogenated alkanes) is 1. The average Bonchev–Trinajstić information content (AvgIpc) is 3.04. The van der Waals surface area contributed by atoms with Crippen molar-refractivity contribution >= 4 is 10.0 Å². The van der Waals surface area contributed by atoms with Gasteiger partial charge in [-0.1, -0.05) is 43.7 Å². The lowest BCUT2D eigenvalue weighted by molar-refractivity contribution is 0.219. The molecule has 27 heavy (non-hydrogen) atoms. The van der Waals surface area contributed by atoms with Gasteiger partial charge in [0.2, 0.25) is 10.0 Å². The molecule has 1 aliphatic carbocycles. The Labute approximate surface area is 161 Å². The maximum Gasteiger partial charge on any atom is 0.214 e. The zero-order valence-corrected chi connectivity index (χ0v) is 16.7. The molecule has 1 aliphatic heterocycles. The first kappa shape index (κ1) is 18.6. The van der Waals surface area contributed by atoms with Gasteiger partial charge in [0.1, 0.15) is 0 Å². The molecule has 0 radical (unpaired) electrons. The molecule has 2 aliphatic rings. The summed E-state index contributed by atoms with van der Waals surface area (Å²) in [6.45, 7) is 3.24. The fourth-order valence-corrected chi connectivity index (χ4v) is 6.21. The zero-order chi connectivity index (χ0) is 18.9. The van der Waals surface area contributed by atoms with Crippen molar-refractivity contribution < 1.29 is 8.42 Å². The van der Waals surface area contributed by atoms with E-state index in [0.29, 0.717) is 13.1 Å². The van der Waals surface area contributed by atoms with Crippen molar-refractivity contribution in [2.45, 2.75) is 50.9 Å². The minimum Gasteiger partial charge on any atom is -0.236 e. The third-order valence-electron chi connectivity index (χ3n) is 5.96. The summed E-state index contributed by atoms with van der Waals surface area (Å²) in [7, 11) is -3.18.